The van der Waals surface area contributed by atoms with Gasteiger partial charge in [0.2, 0.25) is 0 Å². The number of methoxy groups -OCH3 is 1. The summed E-state index contributed by atoms with van der Waals surface area (Å²) in [7, 11) is 1.44. The molecule has 0 radical (unpaired) electrons. The molecule has 0 bridgehead atoms. The molecule has 1 aliphatic heterocycles. The predicted octanol–water partition coefficient (Wildman–Crippen LogP) is 2.75. The highest BCUT2D eigenvalue weighted by atomic mass is 35.5. The van der Waals surface area contributed by atoms with Crippen LogP contribution in [0.25, 0.3) is 0 Å². The smallest absolute Gasteiger partial charge is 0.323 e. The molecule has 1 aromatic carbocycles. The molecule has 0 saturated carbocycles. The zero-order valence-electron chi connectivity index (χ0n) is 11.7. The highest BCUT2D eigenvalue weighted by Crippen LogP contribution is 2.23. The molecule has 1 saturated heterocycles. The van der Waals surface area contributed by atoms with Crippen molar-refractivity contribution >= 4 is 17.6 Å². The molecule has 5 heteroatoms. The molecule has 2 rings (SSSR count). The van der Waals surface area contributed by atoms with Gasteiger partial charge in [0.25, 0.3) is 0 Å². The van der Waals surface area contributed by atoms with Crippen molar-refractivity contribution in [2.75, 3.05) is 26.8 Å². The number of rotatable bonds is 5. The number of ether oxygens (including phenoxy) is 2. The van der Waals surface area contributed by atoms with Gasteiger partial charge in [-0.05, 0) is 31.5 Å². The van der Waals surface area contributed by atoms with E-state index < -0.39 is 0 Å². The lowest BCUT2D eigenvalue weighted by Gasteiger charge is -2.33. The topological polar surface area (TPSA) is 38.8 Å². The average Bonchev–Trinajstić information content (AvgIpc) is 2.49. The second-order valence-corrected chi connectivity index (χ2v) is 5.26. The Hall–Kier alpha value is -1.26. The minimum absolute atomic E-state index is 0.136. The third-order valence-corrected chi connectivity index (χ3v) is 3.87. The minimum atomic E-state index is -0.151. The molecule has 4 nitrogen and oxygen atoms in total. The quantitative estimate of drug-likeness (QED) is 0.784. The second kappa shape index (κ2) is 7.50. The summed E-state index contributed by atoms with van der Waals surface area (Å²) in [6, 6.07) is 7.27. The Kier molecular flexibility index (Phi) is 5.68. The van der Waals surface area contributed by atoms with Crippen LogP contribution in [0.1, 0.15) is 19.3 Å². The number of hydrogen-bond acceptors (Lipinski definition) is 4. The van der Waals surface area contributed by atoms with Crippen molar-refractivity contribution < 1.29 is 14.3 Å². The first kappa shape index (κ1) is 15.1. The Morgan fingerprint density at radius 2 is 2.20 bits per heavy atom. The lowest BCUT2D eigenvalue weighted by atomic mass is 10.0. The van der Waals surface area contributed by atoms with E-state index in [2.05, 4.69) is 4.90 Å². The third kappa shape index (κ3) is 3.87. The molecule has 0 aliphatic carbocycles. The van der Waals surface area contributed by atoms with Crippen LogP contribution in [0.15, 0.2) is 24.3 Å². The van der Waals surface area contributed by atoms with Crippen molar-refractivity contribution in [3.05, 3.63) is 29.3 Å². The Morgan fingerprint density at radius 1 is 1.40 bits per heavy atom. The van der Waals surface area contributed by atoms with Gasteiger partial charge in [-0.2, -0.15) is 0 Å². The van der Waals surface area contributed by atoms with Gasteiger partial charge in [0.05, 0.1) is 12.1 Å². The van der Waals surface area contributed by atoms with Crippen molar-refractivity contribution in [3.8, 4) is 5.75 Å². The van der Waals surface area contributed by atoms with Crippen molar-refractivity contribution in [1.82, 2.24) is 4.90 Å². The fraction of sp³-hybridized carbons (Fsp3) is 0.533. The van der Waals surface area contributed by atoms with Crippen molar-refractivity contribution in [3.63, 3.8) is 0 Å². The summed E-state index contributed by atoms with van der Waals surface area (Å²) in [5, 5.41) is 0.607. The number of carbonyl (C=O) groups is 1. The molecule has 0 spiro atoms. The van der Waals surface area contributed by atoms with E-state index in [1.807, 2.05) is 18.2 Å². The van der Waals surface area contributed by atoms with Crippen molar-refractivity contribution in [2.45, 2.75) is 25.3 Å². The number of esters is 1. The van der Waals surface area contributed by atoms with Gasteiger partial charge >= 0.3 is 5.97 Å². The van der Waals surface area contributed by atoms with Crippen LogP contribution in [0, 0.1) is 0 Å². The molecular formula is C15H20ClNO3. The third-order valence-electron chi connectivity index (χ3n) is 3.56. The highest BCUT2D eigenvalue weighted by Gasteiger charge is 2.29. The normalized spacial score (nSPS) is 19.6. The minimum Gasteiger partial charge on any atom is -0.491 e. The highest BCUT2D eigenvalue weighted by molar-refractivity contribution is 6.32. The number of para-hydroxylation sites is 1. The predicted molar refractivity (Wildman–Crippen MR) is 78.2 cm³/mol. The largest absolute Gasteiger partial charge is 0.491 e. The zero-order chi connectivity index (χ0) is 14.4. The van der Waals surface area contributed by atoms with Crippen LogP contribution >= 0.6 is 11.6 Å². The summed E-state index contributed by atoms with van der Waals surface area (Å²) in [5.41, 5.74) is 0. The lowest BCUT2D eigenvalue weighted by Crippen LogP contribution is -2.46. The monoisotopic (exact) mass is 297 g/mol. The molecule has 0 amide bonds. The van der Waals surface area contributed by atoms with Gasteiger partial charge < -0.3 is 9.47 Å². The van der Waals surface area contributed by atoms with E-state index in [0.717, 1.165) is 25.8 Å². The number of hydrogen-bond donors (Lipinski definition) is 0. The summed E-state index contributed by atoms with van der Waals surface area (Å²) >= 11 is 6.03. The van der Waals surface area contributed by atoms with Crippen LogP contribution in [0.5, 0.6) is 5.75 Å². The number of likely N-dealkylation sites (tertiary alicyclic amines) is 1. The van der Waals surface area contributed by atoms with Gasteiger partial charge in [-0.3, -0.25) is 9.69 Å². The standard InChI is InChI=1S/C15H20ClNO3/c1-19-15(18)13-7-4-5-9-17(13)10-11-20-14-8-3-2-6-12(14)16/h2-3,6,8,13H,4-5,7,9-11H2,1H3/t13-/m1/s1. The molecular weight excluding hydrogens is 278 g/mol. The van der Waals surface area contributed by atoms with Crippen LogP contribution in [0.3, 0.4) is 0 Å². The number of benzene rings is 1. The summed E-state index contributed by atoms with van der Waals surface area (Å²) in [6.07, 6.45) is 3.04. The fourth-order valence-corrected chi connectivity index (χ4v) is 2.69. The molecule has 0 N–H and O–H groups in total. The van der Waals surface area contributed by atoms with Crippen LogP contribution in [-0.2, 0) is 9.53 Å². The average molecular weight is 298 g/mol. The Bertz CT molecular complexity index is 452. The first-order chi connectivity index (χ1) is 9.72. The fourth-order valence-electron chi connectivity index (χ4n) is 2.50. The second-order valence-electron chi connectivity index (χ2n) is 4.85. The molecule has 0 unspecified atom stereocenters. The Labute approximate surface area is 124 Å². The van der Waals surface area contributed by atoms with E-state index in [0.29, 0.717) is 23.9 Å². The number of piperidine rings is 1. The number of carbonyl (C=O) groups excluding carboxylic acids is 1. The van der Waals surface area contributed by atoms with E-state index in [-0.39, 0.29) is 12.0 Å². The van der Waals surface area contributed by atoms with Gasteiger partial charge in [-0.15, -0.1) is 0 Å². The van der Waals surface area contributed by atoms with Gasteiger partial charge in [-0.1, -0.05) is 30.2 Å². The Morgan fingerprint density at radius 3 is 2.95 bits per heavy atom. The van der Waals surface area contributed by atoms with Gasteiger partial charge in [0.1, 0.15) is 18.4 Å². The maximum Gasteiger partial charge on any atom is 0.323 e. The number of halogens is 1. The molecule has 1 heterocycles. The zero-order valence-corrected chi connectivity index (χ0v) is 12.4. The van der Waals surface area contributed by atoms with Gasteiger partial charge in [0.15, 0.2) is 0 Å². The molecule has 0 aromatic heterocycles. The first-order valence-electron chi connectivity index (χ1n) is 6.91. The summed E-state index contributed by atoms with van der Waals surface area (Å²) in [4.78, 5) is 13.9. The Balaban J connectivity index is 1.85. The van der Waals surface area contributed by atoms with Crippen LogP contribution in [0.2, 0.25) is 5.02 Å². The lowest BCUT2D eigenvalue weighted by molar-refractivity contribution is -0.148. The summed E-state index contributed by atoms with van der Waals surface area (Å²) in [5.74, 6) is 0.531. The summed E-state index contributed by atoms with van der Waals surface area (Å²) < 4.78 is 10.5. The summed E-state index contributed by atoms with van der Waals surface area (Å²) in [6.45, 7) is 2.12. The van der Waals surface area contributed by atoms with E-state index in [9.17, 15) is 4.79 Å². The van der Waals surface area contributed by atoms with E-state index >= 15 is 0 Å². The van der Waals surface area contributed by atoms with E-state index in [4.69, 9.17) is 21.1 Å². The van der Waals surface area contributed by atoms with E-state index in [1.54, 1.807) is 6.07 Å². The molecule has 20 heavy (non-hydrogen) atoms. The van der Waals surface area contributed by atoms with E-state index in [1.165, 1.54) is 7.11 Å². The van der Waals surface area contributed by atoms with Crippen LogP contribution in [-0.4, -0.2) is 43.7 Å². The first-order valence-corrected chi connectivity index (χ1v) is 7.29. The maximum atomic E-state index is 11.7. The number of nitrogens with zero attached hydrogens (tertiary/aromatic N) is 1. The molecule has 1 aliphatic rings. The van der Waals surface area contributed by atoms with Gasteiger partial charge in [0, 0.05) is 6.54 Å². The molecule has 1 atom stereocenters. The molecule has 1 fully saturated rings. The van der Waals surface area contributed by atoms with Crippen LogP contribution in [0.4, 0.5) is 0 Å². The van der Waals surface area contributed by atoms with Crippen molar-refractivity contribution in [2.24, 2.45) is 0 Å². The molecule has 110 valence electrons. The van der Waals surface area contributed by atoms with Crippen LogP contribution < -0.4 is 4.74 Å². The van der Waals surface area contributed by atoms with Gasteiger partial charge in [-0.25, -0.2) is 0 Å². The maximum absolute atomic E-state index is 11.7. The SMILES string of the molecule is COC(=O)[C@H]1CCCCN1CCOc1ccccc1Cl. The molecule has 1 aromatic rings. The van der Waals surface area contributed by atoms with Crippen molar-refractivity contribution in [1.29, 1.82) is 0 Å².